The molecule has 2 rings (SSSR count). The Kier molecular flexibility index (Phi) is 2.76. The zero-order valence-electron chi connectivity index (χ0n) is 11.4. The number of rotatable bonds is 2. The van der Waals surface area contributed by atoms with Gasteiger partial charge in [0.15, 0.2) is 5.78 Å². The Balaban J connectivity index is 2.63. The average molecular weight is 248 g/mol. The molecular weight excluding hydrogens is 228 g/mol. The van der Waals surface area contributed by atoms with Gasteiger partial charge in [-0.3, -0.25) is 4.79 Å². The van der Waals surface area contributed by atoms with Crippen molar-refractivity contribution in [2.45, 2.75) is 40.5 Å². The van der Waals surface area contributed by atoms with Gasteiger partial charge in [-0.1, -0.05) is 26.3 Å². The third kappa shape index (κ3) is 1.36. The first kappa shape index (κ1) is 13.1. The van der Waals surface area contributed by atoms with Gasteiger partial charge in [-0.2, -0.15) is 0 Å². The van der Waals surface area contributed by atoms with E-state index in [0.717, 1.165) is 11.9 Å². The van der Waals surface area contributed by atoms with Crippen LogP contribution >= 0.6 is 0 Å². The number of carbonyl (C=O) groups excluding carboxylic acids is 2. The molecule has 0 bridgehead atoms. The number of carbonyl (C=O) groups is 2. The molecule has 2 aliphatic rings. The van der Waals surface area contributed by atoms with Crippen LogP contribution in [-0.2, 0) is 9.59 Å². The highest BCUT2D eigenvalue weighted by Gasteiger charge is 2.57. The molecule has 0 unspecified atom stereocenters. The Labute approximate surface area is 108 Å². The molecule has 0 fully saturated rings. The molecule has 98 valence electrons. The summed E-state index contributed by atoms with van der Waals surface area (Å²) in [6.45, 7) is 7.98. The number of aliphatic hydroxyl groups is 1. The molecular formula is C15H20O3. The summed E-state index contributed by atoms with van der Waals surface area (Å²) in [5.74, 6) is 0.383. The summed E-state index contributed by atoms with van der Waals surface area (Å²) in [6, 6.07) is 0. The van der Waals surface area contributed by atoms with Crippen LogP contribution in [-0.4, -0.2) is 17.2 Å². The quantitative estimate of drug-likeness (QED) is 0.764. The SMILES string of the molecule is CC1=C(CC=O)C(=O)C[C@@]2(C)[C@H](C)C(O)=C[C@@]12C. The first-order chi connectivity index (χ1) is 8.28. The van der Waals surface area contributed by atoms with Crippen molar-refractivity contribution in [1.82, 2.24) is 0 Å². The van der Waals surface area contributed by atoms with Crippen LogP contribution in [0.25, 0.3) is 0 Å². The Morgan fingerprint density at radius 1 is 1.50 bits per heavy atom. The number of Topliss-reactive ketones (excluding diaryl/α,β-unsaturated/α-hetero) is 1. The van der Waals surface area contributed by atoms with E-state index in [9.17, 15) is 14.7 Å². The van der Waals surface area contributed by atoms with Crippen molar-refractivity contribution < 1.29 is 14.7 Å². The lowest BCUT2D eigenvalue weighted by atomic mass is 9.54. The van der Waals surface area contributed by atoms with E-state index >= 15 is 0 Å². The maximum Gasteiger partial charge on any atom is 0.159 e. The summed E-state index contributed by atoms with van der Waals surface area (Å²) in [6.07, 6.45) is 3.22. The van der Waals surface area contributed by atoms with Crippen molar-refractivity contribution >= 4 is 12.1 Å². The lowest BCUT2D eigenvalue weighted by Gasteiger charge is -2.48. The molecule has 2 aliphatic carbocycles. The van der Waals surface area contributed by atoms with Gasteiger partial charge >= 0.3 is 0 Å². The van der Waals surface area contributed by atoms with E-state index in [-0.39, 0.29) is 29.0 Å². The average Bonchev–Trinajstić information content (AvgIpc) is 2.47. The van der Waals surface area contributed by atoms with E-state index in [1.165, 1.54) is 0 Å². The Hall–Kier alpha value is -1.38. The highest BCUT2D eigenvalue weighted by Crippen LogP contribution is 2.62. The topological polar surface area (TPSA) is 54.4 Å². The Morgan fingerprint density at radius 3 is 2.67 bits per heavy atom. The van der Waals surface area contributed by atoms with Crippen molar-refractivity contribution in [3.63, 3.8) is 0 Å². The summed E-state index contributed by atoms with van der Waals surface area (Å²) >= 11 is 0. The minimum absolute atomic E-state index is 0.0285. The van der Waals surface area contributed by atoms with Crippen LogP contribution in [0.4, 0.5) is 0 Å². The number of ketones is 1. The van der Waals surface area contributed by atoms with Crippen LogP contribution in [0, 0.1) is 16.7 Å². The summed E-state index contributed by atoms with van der Waals surface area (Å²) in [4.78, 5) is 22.9. The molecule has 3 heteroatoms. The molecule has 0 aliphatic heterocycles. The van der Waals surface area contributed by atoms with E-state index in [0.29, 0.717) is 17.8 Å². The predicted molar refractivity (Wildman–Crippen MR) is 69.1 cm³/mol. The lowest BCUT2D eigenvalue weighted by Crippen LogP contribution is -2.44. The highest BCUT2D eigenvalue weighted by atomic mass is 16.3. The van der Waals surface area contributed by atoms with Gasteiger partial charge < -0.3 is 9.90 Å². The number of allylic oxidation sites excluding steroid dienone is 4. The fraction of sp³-hybridized carbons (Fsp3) is 0.600. The van der Waals surface area contributed by atoms with Crippen molar-refractivity contribution in [2.24, 2.45) is 16.7 Å². The second-order valence-electron chi connectivity index (χ2n) is 5.99. The van der Waals surface area contributed by atoms with E-state index in [1.54, 1.807) is 0 Å². The predicted octanol–water partition coefficient (Wildman–Crippen LogP) is 2.97. The molecule has 0 aromatic rings. The molecule has 3 nitrogen and oxygen atoms in total. The van der Waals surface area contributed by atoms with Gasteiger partial charge in [-0.05, 0) is 18.4 Å². The number of fused-ring (bicyclic) bond motifs is 1. The van der Waals surface area contributed by atoms with Gasteiger partial charge in [0.1, 0.15) is 6.29 Å². The molecule has 0 amide bonds. The van der Waals surface area contributed by atoms with Gasteiger partial charge in [0.25, 0.3) is 0 Å². The van der Waals surface area contributed by atoms with Crippen LogP contribution in [0.2, 0.25) is 0 Å². The van der Waals surface area contributed by atoms with Crippen LogP contribution in [0.3, 0.4) is 0 Å². The van der Waals surface area contributed by atoms with E-state index in [1.807, 2.05) is 19.9 Å². The molecule has 0 saturated carbocycles. The largest absolute Gasteiger partial charge is 0.512 e. The van der Waals surface area contributed by atoms with Crippen molar-refractivity contribution in [3.8, 4) is 0 Å². The zero-order chi connectivity index (χ0) is 13.7. The van der Waals surface area contributed by atoms with E-state index in [2.05, 4.69) is 13.8 Å². The van der Waals surface area contributed by atoms with Gasteiger partial charge in [-0.25, -0.2) is 0 Å². The molecule has 3 atom stereocenters. The van der Waals surface area contributed by atoms with E-state index < -0.39 is 0 Å². The lowest BCUT2D eigenvalue weighted by molar-refractivity contribution is -0.122. The molecule has 0 aromatic carbocycles. The molecule has 1 N–H and O–H groups in total. The fourth-order valence-electron chi connectivity index (χ4n) is 3.55. The van der Waals surface area contributed by atoms with Gasteiger partial charge in [0.05, 0.1) is 5.76 Å². The minimum Gasteiger partial charge on any atom is -0.512 e. The summed E-state index contributed by atoms with van der Waals surface area (Å²) in [7, 11) is 0. The fourth-order valence-corrected chi connectivity index (χ4v) is 3.55. The maximum absolute atomic E-state index is 12.2. The van der Waals surface area contributed by atoms with Crippen molar-refractivity contribution in [3.05, 3.63) is 23.0 Å². The first-order valence-corrected chi connectivity index (χ1v) is 6.36. The standard InChI is InChI=1S/C15H20O3/c1-9-11(5-6-16)13(18)8-15(4)10(2)12(17)7-14(9,15)3/h6-7,10,17H,5,8H2,1-4H3/t10-,14+,15+/m1/s1. The molecule has 0 radical (unpaired) electrons. The number of aldehydes is 1. The normalized spacial score (nSPS) is 39.7. The summed E-state index contributed by atoms with van der Waals surface area (Å²) in [5.41, 5.74) is 0.945. The smallest absolute Gasteiger partial charge is 0.159 e. The van der Waals surface area contributed by atoms with Gasteiger partial charge in [0, 0.05) is 29.7 Å². The van der Waals surface area contributed by atoms with Crippen molar-refractivity contribution in [2.75, 3.05) is 0 Å². The Bertz CT molecular complexity index is 486. The molecule has 0 heterocycles. The third-order valence-electron chi connectivity index (χ3n) is 5.41. The Morgan fingerprint density at radius 2 is 2.11 bits per heavy atom. The minimum atomic E-state index is -0.331. The van der Waals surface area contributed by atoms with Crippen LogP contribution in [0.1, 0.15) is 40.5 Å². The summed E-state index contributed by atoms with van der Waals surface area (Å²) in [5, 5.41) is 10.0. The highest BCUT2D eigenvalue weighted by molar-refractivity contribution is 6.00. The number of hydrogen-bond donors (Lipinski definition) is 1. The summed E-state index contributed by atoms with van der Waals surface area (Å²) < 4.78 is 0. The molecule has 18 heavy (non-hydrogen) atoms. The van der Waals surface area contributed by atoms with Gasteiger partial charge in [0.2, 0.25) is 0 Å². The van der Waals surface area contributed by atoms with Crippen LogP contribution < -0.4 is 0 Å². The third-order valence-corrected chi connectivity index (χ3v) is 5.41. The maximum atomic E-state index is 12.2. The zero-order valence-corrected chi connectivity index (χ0v) is 11.4. The van der Waals surface area contributed by atoms with Gasteiger partial charge in [-0.15, -0.1) is 0 Å². The second-order valence-corrected chi connectivity index (χ2v) is 5.99. The molecule has 0 spiro atoms. The van der Waals surface area contributed by atoms with Crippen LogP contribution in [0.15, 0.2) is 23.0 Å². The van der Waals surface area contributed by atoms with Crippen molar-refractivity contribution in [1.29, 1.82) is 0 Å². The van der Waals surface area contributed by atoms with Crippen LogP contribution in [0.5, 0.6) is 0 Å². The first-order valence-electron chi connectivity index (χ1n) is 6.36. The monoisotopic (exact) mass is 248 g/mol. The molecule has 0 aromatic heterocycles. The molecule has 0 saturated heterocycles. The number of aliphatic hydroxyl groups excluding tert-OH is 1. The number of hydrogen-bond acceptors (Lipinski definition) is 3. The van der Waals surface area contributed by atoms with E-state index in [4.69, 9.17) is 0 Å². The second kappa shape index (κ2) is 3.81.